The van der Waals surface area contributed by atoms with E-state index in [-0.39, 0.29) is 17.1 Å². The van der Waals surface area contributed by atoms with Crippen LogP contribution in [0.1, 0.15) is 24.3 Å². The Morgan fingerprint density at radius 1 is 1.06 bits per heavy atom. The van der Waals surface area contributed by atoms with E-state index in [0.717, 1.165) is 18.9 Å². The van der Waals surface area contributed by atoms with Crippen LogP contribution in [0, 0.1) is 11.6 Å². The summed E-state index contributed by atoms with van der Waals surface area (Å²) in [7, 11) is 0. The zero-order valence-electron chi connectivity index (χ0n) is 8.50. The minimum atomic E-state index is -0.861. The largest absolute Gasteiger partial charge is 0.508 e. The molecule has 0 unspecified atom stereocenters. The van der Waals surface area contributed by atoms with E-state index >= 15 is 0 Å². The molecule has 0 spiro atoms. The molecular formula is C13H10F2O. The first-order valence-corrected chi connectivity index (χ1v) is 5.28. The quantitative estimate of drug-likeness (QED) is 0.776. The van der Waals surface area contributed by atoms with Crippen LogP contribution in [0.5, 0.6) is 5.75 Å². The fraction of sp³-hybridized carbons (Fsp3) is 0.231. The van der Waals surface area contributed by atoms with Gasteiger partial charge in [0, 0.05) is 10.9 Å². The van der Waals surface area contributed by atoms with Crippen LogP contribution >= 0.6 is 0 Å². The Balaban J connectivity index is 2.43. The fourth-order valence-corrected chi connectivity index (χ4v) is 2.15. The van der Waals surface area contributed by atoms with Gasteiger partial charge in [-0.3, -0.25) is 0 Å². The van der Waals surface area contributed by atoms with Gasteiger partial charge < -0.3 is 5.11 Å². The van der Waals surface area contributed by atoms with Gasteiger partial charge in [-0.25, -0.2) is 8.78 Å². The molecule has 82 valence electrons. The first-order chi connectivity index (χ1) is 7.68. The highest BCUT2D eigenvalue weighted by atomic mass is 19.2. The number of aromatic hydroxyl groups is 1. The lowest BCUT2D eigenvalue weighted by Crippen LogP contribution is -1.92. The van der Waals surface area contributed by atoms with Crippen molar-refractivity contribution in [3.05, 3.63) is 41.5 Å². The highest BCUT2D eigenvalue weighted by Crippen LogP contribution is 2.47. The molecule has 1 nitrogen and oxygen atoms in total. The molecule has 1 aliphatic carbocycles. The second kappa shape index (κ2) is 3.17. The summed E-state index contributed by atoms with van der Waals surface area (Å²) in [6.07, 6.45) is 1.87. The minimum absolute atomic E-state index is 0.0690. The molecule has 3 rings (SSSR count). The minimum Gasteiger partial charge on any atom is -0.508 e. The summed E-state index contributed by atoms with van der Waals surface area (Å²) in [5.41, 5.74) is 0.564. The van der Waals surface area contributed by atoms with Crippen LogP contribution in [0.25, 0.3) is 10.8 Å². The van der Waals surface area contributed by atoms with E-state index in [9.17, 15) is 13.9 Å². The van der Waals surface area contributed by atoms with E-state index in [1.165, 1.54) is 0 Å². The van der Waals surface area contributed by atoms with Gasteiger partial charge in [0.1, 0.15) is 5.75 Å². The monoisotopic (exact) mass is 220 g/mol. The third-order valence-corrected chi connectivity index (χ3v) is 3.08. The van der Waals surface area contributed by atoms with Crippen molar-refractivity contribution in [2.24, 2.45) is 0 Å². The Morgan fingerprint density at radius 3 is 2.44 bits per heavy atom. The standard InChI is InChI=1S/C13H10F2O/c14-9-5-3-8-4-6-10(16)11(7-1-2-7)12(8)13(9)15/h3-7,16H,1-2H2. The van der Waals surface area contributed by atoms with Crippen molar-refractivity contribution in [1.29, 1.82) is 0 Å². The van der Waals surface area contributed by atoms with Crippen molar-refractivity contribution in [2.75, 3.05) is 0 Å². The molecule has 1 saturated carbocycles. The Labute approximate surface area is 91.3 Å². The Bertz CT molecular complexity index is 568. The molecule has 16 heavy (non-hydrogen) atoms. The first-order valence-electron chi connectivity index (χ1n) is 5.28. The molecule has 0 atom stereocenters. The molecular weight excluding hydrogens is 210 g/mol. The maximum Gasteiger partial charge on any atom is 0.167 e. The molecule has 2 aromatic carbocycles. The summed E-state index contributed by atoms with van der Waals surface area (Å²) in [4.78, 5) is 0. The predicted octanol–water partition coefficient (Wildman–Crippen LogP) is 3.70. The number of benzene rings is 2. The third kappa shape index (κ3) is 1.28. The van der Waals surface area contributed by atoms with Gasteiger partial charge in [0.05, 0.1) is 0 Å². The molecule has 0 heterocycles. The summed E-state index contributed by atoms with van der Waals surface area (Å²) in [5, 5.41) is 10.6. The van der Waals surface area contributed by atoms with E-state index < -0.39 is 11.6 Å². The van der Waals surface area contributed by atoms with Crippen molar-refractivity contribution in [1.82, 2.24) is 0 Å². The topological polar surface area (TPSA) is 20.2 Å². The van der Waals surface area contributed by atoms with Gasteiger partial charge >= 0.3 is 0 Å². The van der Waals surface area contributed by atoms with Crippen LogP contribution in [0.15, 0.2) is 24.3 Å². The smallest absolute Gasteiger partial charge is 0.167 e. The van der Waals surface area contributed by atoms with Gasteiger partial charge in [0.25, 0.3) is 0 Å². The number of phenols is 1. The molecule has 0 aromatic heterocycles. The molecule has 0 amide bonds. The lowest BCUT2D eigenvalue weighted by Gasteiger charge is -2.09. The Morgan fingerprint density at radius 2 is 1.75 bits per heavy atom. The molecule has 1 fully saturated rings. The van der Waals surface area contributed by atoms with E-state index in [2.05, 4.69) is 0 Å². The normalized spacial score (nSPS) is 15.6. The SMILES string of the molecule is Oc1ccc2ccc(F)c(F)c2c1C1CC1. The van der Waals surface area contributed by atoms with E-state index in [0.29, 0.717) is 10.9 Å². The van der Waals surface area contributed by atoms with Gasteiger partial charge in [0.15, 0.2) is 11.6 Å². The number of rotatable bonds is 1. The average Bonchev–Trinajstić information content (AvgIpc) is 3.08. The highest BCUT2D eigenvalue weighted by Gasteiger charge is 2.29. The van der Waals surface area contributed by atoms with Crippen LogP contribution in [-0.2, 0) is 0 Å². The molecule has 0 bridgehead atoms. The summed E-state index contributed by atoms with van der Waals surface area (Å²) in [5.74, 6) is -1.46. The fourth-order valence-electron chi connectivity index (χ4n) is 2.15. The Hall–Kier alpha value is -1.64. The second-order valence-electron chi connectivity index (χ2n) is 4.23. The van der Waals surface area contributed by atoms with Crippen molar-refractivity contribution in [3.63, 3.8) is 0 Å². The van der Waals surface area contributed by atoms with Gasteiger partial charge in [-0.05, 0) is 36.3 Å². The molecule has 0 saturated heterocycles. The maximum absolute atomic E-state index is 13.7. The molecule has 0 aliphatic heterocycles. The zero-order chi connectivity index (χ0) is 11.3. The van der Waals surface area contributed by atoms with Gasteiger partial charge in [-0.2, -0.15) is 0 Å². The molecule has 3 heteroatoms. The van der Waals surface area contributed by atoms with Crippen molar-refractivity contribution in [3.8, 4) is 5.75 Å². The van der Waals surface area contributed by atoms with Crippen LogP contribution in [0.2, 0.25) is 0 Å². The summed E-state index contributed by atoms with van der Waals surface area (Å²) in [6, 6.07) is 5.82. The molecule has 0 radical (unpaired) electrons. The first kappa shape index (κ1) is 9.58. The number of hydrogen-bond acceptors (Lipinski definition) is 1. The number of fused-ring (bicyclic) bond motifs is 1. The predicted molar refractivity (Wildman–Crippen MR) is 57.5 cm³/mol. The highest BCUT2D eigenvalue weighted by molar-refractivity contribution is 5.89. The number of halogens is 2. The number of phenolic OH excluding ortho intramolecular Hbond substituents is 1. The lowest BCUT2D eigenvalue weighted by molar-refractivity contribution is 0.468. The average molecular weight is 220 g/mol. The molecule has 1 N–H and O–H groups in total. The van der Waals surface area contributed by atoms with Gasteiger partial charge in [0.2, 0.25) is 0 Å². The number of hydrogen-bond donors (Lipinski definition) is 1. The molecule has 1 aliphatic rings. The summed E-state index contributed by atoms with van der Waals surface area (Å²) < 4.78 is 26.9. The van der Waals surface area contributed by atoms with Crippen LogP contribution in [-0.4, -0.2) is 5.11 Å². The van der Waals surface area contributed by atoms with Crippen LogP contribution in [0.3, 0.4) is 0 Å². The van der Waals surface area contributed by atoms with Gasteiger partial charge in [-0.1, -0.05) is 12.1 Å². The summed E-state index contributed by atoms with van der Waals surface area (Å²) in [6.45, 7) is 0. The zero-order valence-corrected chi connectivity index (χ0v) is 8.50. The lowest BCUT2D eigenvalue weighted by atomic mass is 9.99. The van der Waals surface area contributed by atoms with Gasteiger partial charge in [-0.15, -0.1) is 0 Å². The van der Waals surface area contributed by atoms with E-state index in [4.69, 9.17) is 0 Å². The van der Waals surface area contributed by atoms with Crippen molar-refractivity contribution in [2.45, 2.75) is 18.8 Å². The van der Waals surface area contributed by atoms with Crippen LogP contribution < -0.4 is 0 Å². The summed E-state index contributed by atoms with van der Waals surface area (Å²) >= 11 is 0. The molecule has 2 aromatic rings. The van der Waals surface area contributed by atoms with E-state index in [1.807, 2.05) is 0 Å². The van der Waals surface area contributed by atoms with Crippen LogP contribution in [0.4, 0.5) is 8.78 Å². The second-order valence-corrected chi connectivity index (χ2v) is 4.23. The third-order valence-electron chi connectivity index (χ3n) is 3.08. The van der Waals surface area contributed by atoms with Crippen molar-refractivity contribution < 1.29 is 13.9 Å². The maximum atomic E-state index is 13.7. The van der Waals surface area contributed by atoms with E-state index in [1.54, 1.807) is 18.2 Å². The Kier molecular flexibility index (Phi) is 1.90. The van der Waals surface area contributed by atoms with Crippen molar-refractivity contribution >= 4 is 10.8 Å².